The van der Waals surface area contributed by atoms with E-state index in [2.05, 4.69) is 10.1 Å². The number of carbonyl (C=O) groups is 1. The van der Waals surface area contributed by atoms with Crippen molar-refractivity contribution in [2.45, 2.75) is 12.8 Å². The summed E-state index contributed by atoms with van der Waals surface area (Å²) in [6.45, 7) is 1.02. The molecule has 0 radical (unpaired) electrons. The van der Waals surface area contributed by atoms with Crippen molar-refractivity contribution in [2.24, 2.45) is 5.16 Å². The fraction of sp³-hybridized carbons (Fsp3) is 0.364. The minimum absolute atomic E-state index is 0.195. The highest BCUT2D eigenvalue weighted by molar-refractivity contribution is 5.94. The summed E-state index contributed by atoms with van der Waals surface area (Å²) in [5.74, 6) is -0.195. The van der Waals surface area contributed by atoms with Crippen molar-refractivity contribution in [3.63, 3.8) is 0 Å². The van der Waals surface area contributed by atoms with Crippen molar-refractivity contribution < 1.29 is 10.0 Å². The van der Waals surface area contributed by atoms with E-state index < -0.39 is 0 Å². The third-order valence-corrected chi connectivity index (χ3v) is 2.77. The first-order valence-corrected chi connectivity index (χ1v) is 5.39. The molecule has 17 heavy (non-hydrogen) atoms. The number of carbonyl (C=O) groups excluding carboxylic acids is 1. The first kappa shape index (κ1) is 11.4. The van der Waals surface area contributed by atoms with Crippen LogP contribution in [0.15, 0.2) is 28.1 Å². The summed E-state index contributed by atoms with van der Waals surface area (Å²) in [6.07, 6.45) is 1.14. The van der Waals surface area contributed by atoms with Gasteiger partial charge in [0.1, 0.15) is 5.69 Å². The van der Waals surface area contributed by atoms with E-state index in [1.807, 2.05) is 0 Å². The second-order valence-corrected chi connectivity index (χ2v) is 3.89. The number of aromatic nitrogens is 1. The summed E-state index contributed by atoms with van der Waals surface area (Å²) < 4.78 is 0. The van der Waals surface area contributed by atoms with Crippen molar-refractivity contribution in [1.82, 2.24) is 9.88 Å². The average molecular weight is 235 g/mol. The molecule has 2 rings (SSSR count). The minimum Gasteiger partial charge on any atom is -0.411 e. The van der Waals surface area contributed by atoms with Crippen molar-refractivity contribution in [3.05, 3.63) is 34.2 Å². The molecule has 6 nitrogen and oxygen atoms in total. The van der Waals surface area contributed by atoms with Gasteiger partial charge in [-0.2, -0.15) is 0 Å². The maximum Gasteiger partial charge on any atom is 0.270 e. The van der Waals surface area contributed by atoms with E-state index in [1.54, 1.807) is 17.0 Å². The summed E-state index contributed by atoms with van der Waals surface area (Å²) in [6, 6.07) is 4.50. The zero-order valence-electron chi connectivity index (χ0n) is 9.22. The number of rotatable bonds is 1. The number of hydrogen-bond acceptors (Lipinski definition) is 4. The normalized spacial score (nSPS) is 15.8. The molecule has 1 aromatic heterocycles. The highest BCUT2D eigenvalue weighted by atomic mass is 16.4. The predicted octanol–water partition coefficient (Wildman–Crippen LogP) is 0.441. The molecule has 0 atom stereocenters. The van der Waals surface area contributed by atoms with Gasteiger partial charge < -0.3 is 15.1 Å². The number of H-pyrrole nitrogens is 1. The molecule has 2 heterocycles. The van der Waals surface area contributed by atoms with E-state index in [9.17, 15) is 9.59 Å². The van der Waals surface area contributed by atoms with E-state index >= 15 is 0 Å². The first-order chi connectivity index (χ1) is 8.20. The Morgan fingerprint density at radius 1 is 1.35 bits per heavy atom. The van der Waals surface area contributed by atoms with Gasteiger partial charge in [-0.1, -0.05) is 11.2 Å². The van der Waals surface area contributed by atoms with E-state index in [0.717, 1.165) is 0 Å². The van der Waals surface area contributed by atoms with Crippen molar-refractivity contribution in [3.8, 4) is 0 Å². The lowest BCUT2D eigenvalue weighted by Crippen LogP contribution is -2.39. The smallest absolute Gasteiger partial charge is 0.270 e. The summed E-state index contributed by atoms with van der Waals surface area (Å²) in [7, 11) is 0. The van der Waals surface area contributed by atoms with Gasteiger partial charge in [-0.3, -0.25) is 9.59 Å². The number of piperidine rings is 1. The predicted molar refractivity (Wildman–Crippen MR) is 61.4 cm³/mol. The number of aromatic amines is 1. The number of nitrogens with one attached hydrogen (secondary N) is 1. The molecule has 0 spiro atoms. The van der Waals surface area contributed by atoms with Crippen LogP contribution in [0.1, 0.15) is 23.3 Å². The molecule has 0 aromatic carbocycles. The Balaban J connectivity index is 2.09. The van der Waals surface area contributed by atoms with E-state index in [-0.39, 0.29) is 11.5 Å². The zero-order chi connectivity index (χ0) is 12.3. The first-order valence-electron chi connectivity index (χ1n) is 5.39. The van der Waals surface area contributed by atoms with Gasteiger partial charge in [-0.25, -0.2) is 0 Å². The summed E-state index contributed by atoms with van der Waals surface area (Å²) >= 11 is 0. The number of likely N-dealkylation sites (tertiary alicyclic amines) is 1. The third-order valence-electron chi connectivity index (χ3n) is 2.77. The molecule has 0 aliphatic carbocycles. The molecule has 1 saturated heterocycles. The Labute approximate surface area is 97.6 Å². The fourth-order valence-corrected chi connectivity index (χ4v) is 1.81. The molecule has 0 bridgehead atoms. The largest absolute Gasteiger partial charge is 0.411 e. The van der Waals surface area contributed by atoms with Crippen LogP contribution in [-0.4, -0.2) is 39.8 Å². The number of oxime groups is 1. The fourth-order valence-electron chi connectivity index (χ4n) is 1.81. The van der Waals surface area contributed by atoms with Crippen LogP contribution in [0.5, 0.6) is 0 Å². The van der Waals surface area contributed by atoms with E-state index in [4.69, 9.17) is 5.21 Å². The van der Waals surface area contributed by atoms with Crippen molar-refractivity contribution in [1.29, 1.82) is 0 Å². The molecule has 1 amide bonds. The molecular formula is C11H13N3O3. The second kappa shape index (κ2) is 4.82. The van der Waals surface area contributed by atoms with Crippen LogP contribution in [0.25, 0.3) is 0 Å². The van der Waals surface area contributed by atoms with E-state index in [1.165, 1.54) is 6.07 Å². The highest BCUT2D eigenvalue weighted by Crippen LogP contribution is 2.10. The van der Waals surface area contributed by atoms with Crippen LogP contribution in [0, 0.1) is 0 Å². The molecule has 0 saturated carbocycles. The van der Waals surface area contributed by atoms with Crippen LogP contribution in [0.4, 0.5) is 0 Å². The number of amides is 1. The number of pyridine rings is 1. The minimum atomic E-state index is -0.287. The average Bonchev–Trinajstić information content (AvgIpc) is 2.38. The van der Waals surface area contributed by atoms with Crippen LogP contribution in [0.2, 0.25) is 0 Å². The van der Waals surface area contributed by atoms with Crippen LogP contribution < -0.4 is 5.56 Å². The van der Waals surface area contributed by atoms with Gasteiger partial charge in [0, 0.05) is 32.0 Å². The lowest BCUT2D eigenvalue weighted by Gasteiger charge is -2.26. The Bertz CT molecular complexity index is 497. The maximum atomic E-state index is 12.0. The molecule has 1 aromatic rings. The Morgan fingerprint density at radius 3 is 2.65 bits per heavy atom. The van der Waals surface area contributed by atoms with Gasteiger partial charge in [0.2, 0.25) is 5.56 Å². The molecule has 1 aliphatic heterocycles. The van der Waals surface area contributed by atoms with Gasteiger partial charge in [0.15, 0.2) is 0 Å². The summed E-state index contributed by atoms with van der Waals surface area (Å²) in [5.41, 5.74) is 0.711. The third kappa shape index (κ3) is 2.52. The Morgan fingerprint density at radius 2 is 2.06 bits per heavy atom. The van der Waals surface area contributed by atoms with Gasteiger partial charge >= 0.3 is 0 Å². The van der Waals surface area contributed by atoms with Gasteiger partial charge in [-0.15, -0.1) is 0 Å². The Hall–Kier alpha value is -2.11. The lowest BCUT2D eigenvalue weighted by molar-refractivity contribution is 0.0747. The van der Waals surface area contributed by atoms with Crippen molar-refractivity contribution >= 4 is 11.6 Å². The topological polar surface area (TPSA) is 85.8 Å². The quantitative estimate of drug-likeness (QED) is 0.547. The molecule has 0 unspecified atom stereocenters. The highest BCUT2D eigenvalue weighted by Gasteiger charge is 2.21. The van der Waals surface area contributed by atoms with Crippen LogP contribution in [-0.2, 0) is 0 Å². The maximum absolute atomic E-state index is 12.0. The SMILES string of the molecule is O=C(c1cccc(=O)[nH]1)N1CCC(=NO)CC1. The lowest BCUT2D eigenvalue weighted by atomic mass is 10.1. The van der Waals surface area contributed by atoms with E-state index in [0.29, 0.717) is 37.3 Å². The van der Waals surface area contributed by atoms with Crippen molar-refractivity contribution in [2.75, 3.05) is 13.1 Å². The number of hydrogen-bond donors (Lipinski definition) is 2. The van der Waals surface area contributed by atoms with Gasteiger partial charge in [0.25, 0.3) is 5.91 Å². The number of nitrogens with zero attached hydrogens (tertiary/aromatic N) is 2. The molecule has 2 N–H and O–H groups in total. The standard InChI is InChI=1S/C11H13N3O3/c15-10-3-1-2-9(12-10)11(16)14-6-4-8(13-17)5-7-14/h1-3,17H,4-7H2,(H,12,15). The molecular weight excluding hydrogens is 222 g/mol. The zero-order valence-corrected chi connectivity index (χ0v) is 9.22. The monoisotopic (exact) mass is 235 g/mol. The molecule has 1 aliphatic rings. The van der Waals surface area contributed by atoms with Gasteiger partial charge in [-0.05, 0) is 6.07 Å². The summed E-state index contributed by atoms with van der Waals surface area (Å²) in [4.78, 5) is 27.2. The molecule has 6 heteroatoms. The van der Waals surface area contributed by atoms with Gasteiger partial charge in [0.05, 0.1) is 5.71 Å². The van der Waals surface area contributed by atoms with Crippen LogP contribution in [0.3, 0.4) is 0 Å². The molecule has 90 valence electrons. The second-order valence-electron chi connectivity index (χ2n) is 3.89. The Kier molecular flexibility index (Phi) is 3.22. The molecule has 1 fully saturated rings. The van der Waals surface area contributed by atoms with Crippen LogP contribution >= 0.6 is 0 Å². The summed E-state index contributed by atoms with van der Waals surface area (Å²) in [5, 5.41) is 11.8.